The van der Waals surface area contributed by atoms with E-state index in [9.17, 15) is 9.18 Å². The number of thiophene rings is 1. The second-order valence-electron chi connectivity index (χ2n) is 9.56. The minimum Gasteiger partial charge on any atom is -0.378 e. The Labute approximate surface area is 223 Å². The molecule has 3 aromatic rings. The van der Waals surface area contributed by atoms with Crippen LogP contribution in [0.5, 0.6) is 0 Å². The maximum Gasteiger partial charge on any atom is 0.265 e. The van der Waals surface area contributed by atoms with Crippen molar-refractivity contribution in [3.8, 4) is 0 Å². The number of aromatic nitrogens is 1. The summed E-state index contributed by atoms with van der Waals surface area (Å²) < 4.78 is 19.8. The second kappa shape index (κ2) is 10.9. The fourth-order valence-corrected chi connectivity index (χ4v) is 7.09. The quantitative estimate of drug-likeness (QED) is 0.471. The average Bonchev–Trinajstić information content (AvgIpc) is 3.51. The molecule has 1 amide bonds. The molecule has 10 heteroatoms. The number of thiazole rings is 1. The van der Waals surface area contributed by atoms with E-state index < -0.39 is 0 Å². The summed E-state index contributed by atoms with van der Waals surface area (Å²) in [6.07, 6.45) is 4.85. The third kappa shape index (κ3) is 5.72. The van der Waals surface area contributed by atoms with Gasteiger partial charge in [0.15, 0.2) is 5.13 Å². The Kier molecular flexibility index (Phi) is 7.23. The van der Waals surface area contributed by atoms with Crippen molar-refractivity contribution in [3.63, 3.8) is 0 Å². The van der Waals surface area contributed by atoms with Crippen molar-refractivity contribution < 1.29 is 13.9 Å². The highest BCUT2D eigenvalue weighted by Gasteiger charge is 2.21. The van der Waals surface area contributed by atoms with Crippen LogP contribution in [0.15, 0.2) is 54.0 Å². The van der Waals surface area contributed by atoms with Crippen LogP contribution < -0.4 is 10.2 Å². The van der Waals surface area contributed by atoms with Gasteiger partial charge >= 0.3 is 0 Å². The van der Waals surface area contributed by atoms with Gasteiger partial charge in [0.2, 0.25) is 0 Å². The largest absolute Gasteiger partial charge is 0.378 e. The standard InChI is InChI=1S/C27H30FN5O2S2/c28-20-3-7-22(8-4-20)32-11-9-31(10-12-32)18-19-1-5-21(6-2-19)29-25(34)23-17-24-26(36-23)30-27(37-24)33-13-15-35-16-14-33/h1-3,5-7,17H,4,8-16,18H2,(H,29,34). The maximum absolute atomic E-state index is 13.3. The Balaban J connectivity index is 1.01. The van der Waals surface area contributed by atoms with E-state index >= 15 is 0 Å². The van der Waals surface area contributed by atoms with Crippen molar-refractivity contribution in [2.24, 2.45) is 0 Å². The fourth-order valence-electron chi connectivity index (χ4n) is 4.93. The molecule has 2 fully saturated rings. The number of hydrogen-bond donors (Lipinski definition) is 1. The van der Waals surface area contributed by atoms with Crippen molar-refractivity contribution >= 4 is 48.9 Å². The number of morpholine rings is 1. The molecule has 6 rings (SSSR count). The zero-order chi connectivity index (χ0) is 25.2. The summed E-state index contributed by atoms with van der Waals surface area (Å²) in [5.74, 6) is -0.119. The minimum absolute atomic E-state index is 0.0210. The van der Waals surface area contributed by atoms with Crippen molar-refractivity contribution in [1.82, 2.24) is 14.8 Å². The maximum atomic E-state index is 13.3. The molecule has 3 aliphatic rings. The lowest BCUT2D eigenvalue weighted by molar-refractivity contribution is 0.103. The van der Waals surface area contributed by atoms with Crippen molar-refractivity contribution in [3.05, 3.63) is 64.4 Å². The number of benzene rings is 1. The van der Waals surface area contributed by atoms with Crippen LogP contribution in [-0.4, -0.2) is 73.2 Å². The van der Waals surface area contributed by atoms with Crippen LogP contribution in [0.4, 0.5) is 15.2 Å². The number of carbonyl (C=O) groups excluding carboxylic acids is 1. The van der Waals surface area contributed by atoms with Gasteiger partial charge in [0, 0.05) is 63.6 Å². The first kappa shape index (κ1) is 24.5. The number of allylic oxidation sites excluding steroid dienone is 4. The molecule has 1 aromatic carbocycles. The topological polar surface area (TPSA) is 60.9 Å². The lowest BCUT2D eigenvalue weighted by Gasteiger charge is -2.38. The lowest BCUT2D eigenvalue weighted by Crippen LogP contribution is -2.45. The summed E-state index contributed by atoms with van der Waals surface area (Å²) in [5, 5.41) is 4.03. The number of carbonyl (C=O) groups is 1. The molecule has 0 spiro atoms. The van der Waals surface area contributed by atoms with E-state index in [-0.39, 0.29) is 11.7 Å². The van der Waals surface area contributed by atoms with Gasteiger partial charge in [-0.05, 0) is 42.3 Å². The Morgan fingerprint density at radius 3 is 2.46 bits per heavy atom. The summed E-state index contributed by atoms with van der Waals surface area (Å²) >= 11 is 3.08. The summed E-state index contributed by atoms with van der Waals surface area (Å²) in [4.78, 5) is 26.3. The molecule has 1 N–H and O–H groups in total. The highest BCUT2D eigenvalue weighted by Crippen LogP contribution is 2.35. The first-order chi connectivity index (χ1) is 18.1. The fraction of sp³-hybridized carbons (Fsp3) is 0.407. The Morgan fingerprint density at radius 2 is 1.76 bits per heavy atom. The second-order valence-corrected chi connectivity index (χ2v) is 11.6. The van der Waals surface area contributed by atoms with E-state index in [2.05, 4.69) is 32.1 Å². The molecule has 2 saturated heterocycles. The van der Waals surface area contributed by atoms with Crippen LogP contribution in [-0.2, 0) is 11.3 Å². The van der Waals surface area contributed by atoms with Crippen LogP contribution >= 0.6 is 22.7 Å². The third-order valence-electron chi connectivity index (χ3n) is 7.06. The van der Waals surface area contributed by atoms with E-state index in [1.54, 1.807) is 17.4 Å². The van der Waals surface area contributed by atoms with Gasteiger partial charge in [-0.2, -0.15) is 0 Å². The van der Waals surface area contributed by atoms with E-state index in [4.69, 9.17) is 9.72 Å². The summed E-state index contributed by atoms with van der Waals surface area (Å²) in [7, 11) is 0. The number of piperazine rings is 1. The van der Waals surface area contributed by atoms with Gasteiger partial charge in [-0.15, -0.1) is 11.3 Å². The Hall–Kier alpha value is -2.79. The summed E-state index contributed by atoms with van der Waals surface area (Å²) in [6.45, 7) is 7.97. The number of nitrogens with one attached hydrogen (secondary N) is 1. The van der Waals surface area contributed by atoms with Crippen LogP contribution in [0.1, 0.15) is 28.1 Å². The lowest BCUT2D eigenvalue weighted by atomic mass is 10.1. The first-order valence-corrected chi connectivity index (χ1v) is 14.4. The van der Waals surface area contributed by atoms with Gasteiger partial charge in [0.25, 0.3) is 5.91 Å². The molecule has 194 valence electrons. The van der Waals surface area contributed by atoms with Gasteiger partial charge < -0.3 is 19.9 Å². The number of anilines is 2. The van der Waals surface area contributed by atoms with Crippen molar-refractivity contribution in [2.45, 2.75) is 19.4 Å². The van der Waals surface area contributed by atoms with Crippen LogP contribution in [0.3, 0.4) is 0 Å². The zero-order valence-corrected chi connectivity index (χ0v) is 22.3. The molecule has 37 heavy (non-hydrogen) atoms. The molecule has 0 atom stereocenters. The molecule has 4 heterocycles. The molecule has 0 radical (unpaired) electrons. The van der Waals surface area contributed by atoms with E-state index in [0.717, 1.165) is 85.8 Å². The smallest absolute Gasteiger partial charge is 0.265 e. The molecule has 2 aromatic heterocycles. The van der Waals surface area contributed by atoms with E-state index in [0.29, 0.717) is 11.3 Å². The summed E-state index contributed by atoms with van der Waals surface area (Å²) in [6, 6.07) is 10.1. The number of ether oxygens (including phenoxy) is 1. The normalized spacial score (nSPS) is 19.2. The highest BCUT2D eigenvalue weighted by atomic mass is 32.1. The van der Waals surface area contributed by atoms with Gasteiger partial charge in [-0.3, -0.25) is 9.69 Å². The monoisotopic (exact) mass is 539 g/mol. The van der Waals surface area contributed by atoms with E-state index in [1.807, 2.05) is 24.3 Å². The number of halogens is 1. The first-order valence-electron chi connectivity index (χ1n) is 12.8. The van der Waals surface area contributed by atoms with Crippen LogP contribution in [0.25, 0.3) is 9.53 Å². The molecule has 0 saturated carbocycles. The van der Waals surface area contributed by atoms with Gasteiger partial charge in [0.1, 0.15) is 10.7 Å². The minimum atomic E-state index is -0.0984. The molecule has 2 aliphatic heterocycles. The number of hydrogen-bond acceptors (Lipinski definition) is 8. The number of fused-ring (bicyclic) bond motifs is 1. The van der Waals surface area contributed by atoms with Crippen molar-refractivity contribution in [1.29, 1.82) is 0 Å². The molecule has 1 aliphatic carbocycles. The molecular weight excluding hydrogens is 509 g/mol. The van der Waals surface area contributed by atoms with Gasteiger partial charge in [0.05, 0.1) is 22.8 Å². The SMILES string of the molecule is O=C(Nc1ccc(CN2CCN(C3=CC=C(F)CC3)CC2)cc1)c1cc2sc(N3CCOCC3)nc2s1. The zero-order valence-electron chi connectivity index (χ0n) is 20.6. The third-order valence-corrected chi connectivity index (χ3v) is 9.28. The molecule has 7 nitrogen and oxygen atoms in total. The average molecular weight is 540 g/mol. The van der Waals surface area contributed by atoms with E-state index in [1.165, 1.54) is 22.6 Å². The molecular formula is C27H30FN5O2S2. The van der Waals surface area contributed by atoms with Crippen LogP contribution in [0, 0.1) is 0 Å². The predicted octanol–water partition coefficient (Wildman–Crippen LogP) is 5.10. The Bertz CT molecular complexity index is 1290. The molecule has 0 unspecified atom stereocenters. The Morgan fingerprint density at radius 1 is 0.973 bits per heavy atom. The number of rotatable bonds is 6. The predicted molar refractivity (Wildman–Crippen MR) is 148 cm³/mol. The van der Waals surface area contributed by atoms with Gasteiger partial charge in [-0.25, -0.2) is 9.37 Å². The van der Waals surface area contributed by atoms with Gasteiger partial charge in [-0.1, -0.05) is 23.5 Å². The van der Waals surface area contributed by atoms with Crippen LogP contribution in [0.2, 0.25) is 0 Å². The number of amides is 1. The highest BCUT2D eigenvalue weighted by molar-refractivity contribution is 7.29. The summed E-state index contributed by atoms with van der Waals surface area (Å²) in [5.41, 5.74) is 3.27. The van der Waals surface area contributed by atoms with Crippen molar-refractivity contribution in [2.75, 3.05) is 62.7 Å². The number of nitrogens with zero attached hydrogens (tertiary/aromatic N) is 4. The molecule has 0 bridgehead atoms.